The summed E-state index contributed by atoms with van der Waals surface area (Å²) >= 11 is 2.62. The van der Waals surface area contributed by atoms with Gasteiger partial charge in [0.15, 0.2) is 10.9 Å². The second kappa shape index (κ2) is 9.84. The fourth-order valence-electron chi connectivity index (χ4n) is 2.77. The predicted molar refractivity (Wildman–Crippen MR) is 119 cm³/mol. The van der Waals surface area contributed by atoms with Crippen LogP contribution in [0.15, 0.2) is 52.7 Å². The molecule has 0 saturated heterocycles. The van der Waals surface area contributed by atoms with Crippen LogP contribution in [0.2, 0.25) is 0 Å². The number of benzene rings is 2. The zero-order valence-electron chi connectivity index (χ0n) is 16.9. The van der Waals surface area contributed by atoms with E-state index in [1.165, 1.54) is 36.9 Å². The summed E-state index contributed by atoms with van der Waals surface area (Å²) in [4.78, 5) is 30.9. The largest absolute Gasteiger partial charge is 0.496 e. The van der Waals surface area contributed by atoms with E-state index in [0.29, 0.717) is 23.1 Å². The summed E-state index contributed by atoms with van der Waals surface area (Å²) in [5, 5.41) is 1.84. The van der Waals surface area contributed by atoms with Crippen molar-refractivity contribution in [3.8, 4) is 5.75 Å². The van der Waals surface area contributed by atoms with Crippen LogP contribution in [0.3, 0.4) is 0 Å². The van der Waals surface area contributed by atoms with Gasteiger partial charge in [-0.1, -0.05) is 0 Å². The molecule has 0 unspecified atom stereocenters. The maximum absolute atomic E-state index is 14.2. The summed E-state index contributed by atoms with van der Waals surface area (Å²) in [5.74, 6) is -1.73. The standard InChI is InChI=1S/C22H18F2N2O3S2/c1-13(27)26(18-7-5-15(23)11-17(18)24)22-25-16(12-31-22)6-8-19(28)14-4-9-21(30-3)20(10-14)29-2/h4-12H,1-3H3. The third-order valence-corrected chi connectivity index (χ3v) is 5.86. The van der Waals surface area contributed by atoms with Gasteiger partial charge in [0.1, 0.15) is 17.4 Å². The lowest BCUT2D eigenvalue weighted by Crippen LogP contribution is -2.23. The molecule has 0 N–H and O–H groups in total. The van der Waals surface area contributed by atoms with Crippen LogP contribution in [-0.2, 0) is 4.79 Å². The highest BCUT2D eigenvalue weighted by Crippen LogP contribution is 2.32. The van der Waals surface area contributed by atoms with Gasteiger partial charge in [-0.3, -0.25) is 14.5 Å². The molecule has 1 amide bonds. The van der Waals surface area contributed by atoms with Crippen LogP contribution in [0, 0.1) is 11.6 Å². The third kappa shape index (κ3) is 5.18. The fraction of sp³-hybridized carbons (Fsp3) is 0.136. The minimum atomic E-state index is -0.875. The molecule has 0 radical (unpaired) electrons. The Kier molecular flexibility index (Phi) is 7.19. The summed E-state index contributed by atoms with van der Waals surface area (Å²) in [6.45, 7) is 1.26. The SMILES string of the molecule is COc1cc(C(=O)C=Cc2csc(N(C(C)=O)c3ccc(F)cc3F)n2)ccc1SC. The number of thioether (sulfide) groups is 1. The molecule has 9 heteroatoms. The molecule has 5 nitrogen and oxygen atoms in total. The number of rotatable bonds is 7. The minimum absolute atomic E-state index is 0.101. The van der Waals surface area contributed by atoms with E-state index >= 15 is 0 Å². The summed E-state index contributed by atoms with van der Waals surface area (Å²) in [6.07, 6.45) is 4.79. The van der Waals surface area contributed by atoms with Gasteiger partial charge >= 0.3 is 0 Å². The Bertz CT molecular complexity index is 1160. The van der Waals surface area contributed by atoms with Crippen molar-refractivity contribution >= 4 is 51.7 Å². The van der Waals surface area contributed by atoms with Gasteiger partial charge in [0, 0.05) is 28.8 Å². The monoisotopic (exact) mass is 460 g/mol. The van der Waals surface area contributed by atoms with E-state index in [-0.39, 0.29) is 16.6 Å². The number of halogens is 2. The first-order valence-electron chi connectivity index (χ1n) is 8.99. The van der Waals surface area contributed by atoms with Crippen LogP contribution in [-0.4, -0.2) is 30.0 Å². The average molecular weight is 461 g/mol. The first-order valence-corrected chi connectivity index (χ1v) is 11.1. The van der Waals surface area contributed by atoms with Gasteiger partial charge in [-0.15, -0.1) is 23.1 Å². The molecular weight excluding hydrogens is 442 g/mol. The molecular formula is C22H18F2N2O3S2. The lowest BCUT2D eigenvalue weighted by atomic mass is 10.1. The number of hydrogen-bond donors (Lipinski definition) is 0. The number of hydrogen-bond acceptors (Lipinski definition) is 6. The molecule has 160 valence electrons. The molecule has 0 fully saturated rings. The van der Waals surface area contributed by atoms with Crippen LogP contribution in [0.25, 0.3) is 6.08 Å². The van der Waals surface area contributed by atoms with E-state index in [0.717, 1.165) is 27.2 Å². The number of ether oxygens (including phenoxy) is 1. The molecule has 2 aromatic carbocycles. The Morgan fingerprint density at radius 2 is 1.97 bits per heavy atom. The average Bonchev–Trinajstić information content (AvgIpc) is 3.21. The number of nitrogens with zero attached hydrogens (tertiary/aromatic N) is 2. The fourth-order valence-corrected chi connectivity index (χ4v) is 4.17. The Balaban J connectivity index is 1.83. The zero-order chi connectivity index (χ0) is 22.5. The molecule has 1 aromatic heterocycles. The smallest absolute Gasteiger partial charge is 0.230 e. The minimum Gasteiger partial charge on any atom is -0.496 e. The van der Waals surface area contributed by atoms with Gasteiger partial charge in [-0.25, -0.2) is 13.8 Å². The molecule has 0 bridgehead atoms. The number of methoxy groups -OCH3 is 1. The predicted octanol–water partition coefficient (Wildman–Crippen LogP) is 5.73. The second-order valence-electron chi connectivity index (χ2n) is 6.27. The van der Waals surface area contributed by atoms with Crippen molar-refractivity contribution in [3.63, 3.8) is 0 Å². The van der Waals surface area contributed by atoms with Gasteiger partial charge in [0.05, 0.1) is 18.5 Å². The van der Waals surface area contributed by atoms with Gasteiger partial charge in [-0.05, 0) is 48.7 Å². The molecule has 3 rings (SSSR count). The summed E-state index contributed by atoms with van der Waals surface area (Å²) in [5.41, 5.74) is 0.783. The highest BCUT2D eigenvalue weighted by molar-refractivity contribution is 7.98. The zero-order valence-corrected chi connectivity index (χ0v) is 18.5. The van der Waals surface area contributed by atoms with Crippen LogP contribution in [0.4, 0.5) is 19.6 Å². The van der Waals surface area contributed by atoms with Crippen molar-refractivity contribution in [1.82, 2.24) is 4.98 Å². The van der Waals surface area contributed by atoms with Crippen LogP contribution in [0.5, 0.6) is 5.75 Å². The van der Waals surface area contributed by atoms with Gasteiger partial charge in [0.25, 0.3) is 0 Å². The van der Waals surface area contributed by atoms with Crippen molar-refractivity contribution in [3.05, 3.63) is 70.7 Å². The molecule has 31 heavy (non-hydrogen) atoms. The lowest BCUT2D eigenvalue weighted by Gasteiger charge is -2.18. The van der Waals surface area contributed by atoms with Crippen molar-refractivity contribution < 1.29 is 23.1 Å². The number of allylic oxidation sites excluding steroid dienone is 1. The lowest BCUT2D eigenvalue weighted by molar-refractivity contribution is -0.115. The van der Waals surface area contributed by atoms with Crippen molar-refractivity contribution in [2.45, 2.75) is 11.8 Å². The van der Waals surface area contributed by atoms with E-state index in [1.54, 1.807) is 24.6 Å². The number of thiazole rings is 1. The van der Waals surface area contributed by atoms with Crippen molar-refractivity contribution in [2.75, 3.05) is 18.3 Å². The van der Waals surface area contributed by atoms with Crippen LogP contribution >= 0.6 is 23.1 Å². The van der Waals surface area contributed by atoms with Gasteiger partial charge < -0.3 is 4.74 Å². The van der Waals surface area contributed by atoms with E-state index < -0.39 is 17.5 Å². The first-order chi connectivity index (χ1) is 14.8. The van der Waals surface area contributed by atoms with Crippen LogP contribution in [0.1, 0.15) is 23.0 Å². The molecule has 1 heterocycles. The highest BCUT2D eigenvalue weighted by Gasteiger charge is 2.21. The maximum Gasteiger partial charge on any atom is 0.230 e. The van der Waals surface area contributed by atoms with E-state index in [9.17, 15) is 18.4 Å². The molecule has 0 aliphatic carbocycles. The number of amides is 1. The maximum atomic E-state index is 14.2. The molecule has 0 spiro atoms. The van der Waals surface area contributed by atoms with Crippen molar-refractivity contribution in [1.29, 1.82) is 0 Å². The first kappa shape index (κ1) is 22.6. The Morgan fingerprint density at radius 3 is 2.61 bits per heavy atom. The summed E-state index contributed by atoms with van der Waals surface area (Å²) in [7, 11) is 1.54. The Morgan fingerprint density at radius 1 is 1.19 bits per heavy atom. The molecule has 0 atom stereocenters. The quantitative estimate of drug-likeness (QED) is 0.256. The molecule has 3 aromatic rings. The summed E-state index contributed by atoms with van der Waals surface area (Å²) in [6, 6.07) is 8.14. The number of ketones is 1. The number of carbonyl (C=O) groups is 2. The molecule has 0 aliphatic rings. The normalized spacial score (nSPS) is 11.0. The number of carbonyl (C=O) groups excluding carboxylic acids is 2. The van der Waals surface area contributed by atoms with E-state index in [1.807, 2.05) is 12.3 Å². The van der Waals surface area contributed by atoms with E-state index in [4.69, 9.17) is 4.74 Å². The molecule has 0 saturated carbocycles. The Hall–Kier alpha value is -3.04. The van der Waals surface area contributed by atoms with Gasteiger partial charge in [-0.2, -0.15) is 0 Å². The van der Waals surface area contributed by atoms with Gasteiger partial charge in [0.2, 0.25) is 5.91 Å². The van der Waals surface area contributed by atoms with Crippen LogP contribution < -0.4 is 9.64 Å². The third-order valence-electron chi connectivity index (χ3n) is 4.24. The van der Waals surface area contributed by atoms with Crippen molar-refractivity contribution in [2.24, 2.45) is 0 Å². The second-order valence-corrected chi connectivity index (χ2v) is 7.96. The molecule has 0 aliphatic heterocycles. The van der Waals surface area contributed by atoms with E-state index in [2.05, 4.69) is 4.98 Å². The number of anilines is 2. The topological polar surface area (TPSA) is 59.5 Å². The number of aromatic nitrogens is 1. The highest BCUT2D eigenvalue weighted by atomic mass is 32.2. The summed E-state index contributed by atoms with van der Waals surface area (Å²) < 4.78 is 32.7. The Labute approximate surface area is 186 Å².